The second kappa shape index (κ2) is 7.93. The molecule has 6 nitrogen and oxygen atoms in total. The smallest absolute Gasteiger partial charge is 0.241 e. The van der Waals surface area contributed by atoms with Crippen LogP contribution in [0.5, 0.6) is 0 Å². The quantitative estimate of drug-likeness (QED) is 0.804. The first-order chi connectivity index (χ1) is 12.6. The highest BCUT2D eigenvalue weighted by Gasteiger charge is 2.26. The van der Waals surface area contributed by atoms with E-state index in [1.807, 2.05) is 11.0 Å². The lowest BCUT2D eigenvalue weighted by Gasteiger charge is -2.31. The van der Waals surface area contributed by atoms with Gasteiger partial charge < -0.3 is 10.6 Å². The van der Waals surface area contributed by atoms with Gasteiger partial charge in [-0.25, -0.2) is 0 Å². The molecule has 1 heterocycles. The molecule has 2 aromatic carbocycles. The van der Waals surface area contributed by atoms with E-state index in [2.05, 4.69) is 10.6 Å². The maximum Gasteiger partial charge on any atom is 0.241 e. The van der Waals surface area contributed by atoms with Crippen LogP contribution in [0.4, 0.5) is 5.69 Å². The minimum absolute atomic E-state index is 0.0874. The monoisotopic (exact) mass is 351 g/mol. The van der Waals surface area contributed by atoms with Crippen molar-refractivity contribution in [2.45, 2.75) is 13.0 Å². The van der Waals surface area contributed by atoms with Crippen molar-refractivity contribution in [3.8, 4) is 0 Å². The van der Waals surface area contributed by atoms with Crippen LogP contribution >= 0.6 is 0 Å². The van der Waals surface area contributed by atoms with Gasteiger partial charge in [-0.05, 0) is 19.1 Å². The lowest BCUT2D eigenvalue weighted by atomic mass is 10.0. The molecule has 1 aliphatic rings. The zero-order valence-corrected chi connectivity index (χ0v) is 14.6. The maximum atomic E-state index is 12.7. The van der Waals surface area contributed by atoms with E-state index in [0.29, 0.717) is 29.9 Å². The van der Waals surface area contributed by atoms with Crippen LogP contribution in [0.25, 0.3) is 0 Å². The summed E-state index contributed by atoms with van der Waals surface area (Å²) in [5.74, 6) is -0.477. The number of ketones is 1. The van der Waals surface area contributed by atoms with Gasteiger partial charge in [0.1, 0.15) is 0 Å². The molecule has 0 radical (unpaired) electrons. The molecule has 1 aliphatic heterocycles. The van der Waals surface area contributed by atoms with Gasteiger partial charge in [0.25, 0.3) is 0 Å². The van der Waals surface area contributed by atoms with Gasteiger partial charge in [0, 0.05) is 24.2 Å². The summed E-state index contributed by atoms with van der Waals surface area (Å²) < 4.78 is 0. The SMILES string of the molecule is CC(C(=O)Nc1ccccc1C(=O)c1ccccc1)N1CCNC(=O)C1. The van der Waals surface area contributed by atoms with E-state index >= 15 is 0 Å². The fourth-order valence-electron chi connectivity index (χ4n) is 2.93. The molecule has 1 saturated heterocycles. The molecule has 2 amide bonds. The van der Waals surface area contributed by atoms with Crippen molar-refractivity contribution in [2.24, 2.45) is 0 Å². The summed E-state index contributed by atoms with van der Waals surface area (Å²) in [4.78, 5) is 38.7. The second-order valence-electron chi connectivity index (χ2n) is 6.23. The number of hydrogen-bond acceptors (Lipinski definition) is 4. The Labute approximate surface area is 152 Å². The molecule has 26 heavy (non-hydrogen) atoms. The van der Waals surface area contributed by atoms with Crippen LogP contribution < -0.4 is 10.6 Å². The van der Waals surface area contributed by atoms with Gasteiger partial charge in [-0.2, -0.15) is 0 Å². The first-order valence-electron chi connectivity index (χ1n) is 8.56. The summed E-state index contributed by atoms with van der Waals surface area (Å²) in [6, 6.07) is 15.4. The normalized spacial score (nSPS) is 15.8. The molecule has 1 unspecified atom stereocenters. The molecular formula is C20H21N3O3. The Morgan fingerprint density at radius 3 is 2.50 bits per heavy atom. The number of carbonyl (C=O) groups excluding carboxylic acids is 3. The first kappa shape index (κ1) is 17.8. The topological polar surface area (TPSA) is 78.5 Å². The summed E-state index contributed by atoms with van der Waals surface area (Å²) in [5, 5.41) is 5.58. The van der Waals surface area contributed by atoms with Crippen LogP contribution in [-0.4, -0.2) is 48.2 Å². The Hall–Kier alpha value is -2.99. The van der Waals surface area contributed by atoms with E-state index in [-0.39, 0.29) is 24.1 Å². The summed E-state index contributed by atoms with van der Waals surface area (Å²) in [7, 11) is 0. The summed E-state index contributed by atoms with van der Waals surface area (Å²) >= 11 is 0. The van der Waals surface area contributed by atoms with Crippen LogP contribution in [0.2, 0.25) is 0 Å². The second-order valence-corrected chi connectivity index (χ2v) is 6.23. The van der Waals surface area contributed by atoms with E-state index < -0.39 is 6.04 Å². The van der Waals surface area contributed by atoms with Crippen molar-refractivity contribution in [3.63, 3.8) is 0 Å². The Morgan fingerprint density at radius 2 is 1.77 bits per heavy atom. The Morgan fingerprint density at radius 1 is 1.08 bits per heavy atom. The van der Waals surface area contributed by atoms with Crippen LogP contribution in [-0.2, 0) is 9.59 Å². The van der Waals surface area contributed by atoms with Crippen molar-refractivity contribution < 1.29 is 14.4 Å². The molecule has 0 spiro atoms. The molecule has 1 fully saturated rings. The number of nitrogens with zero attached hydrogens (tertiary/aromatic N) is 1. The van der Waals surface area contributed by atoms with Gasteiger partial charge in [0.05, 0.1) is 18.3 Å². The molecule has 0 saturated carbocycles. The fraction of sp³-hybridized carbons (Fsp3) is 0.250. The summed E-state index contributed by atoms with van der Waals surface area (Å²) in [6.07, 6.45) is 0. The van der Waals surface area contributed by atoms with Gasteiger partial charge in [0.15, 0.2) is 5.78 Å². The highest BCUT2D eigenvalue weighted by atomic mass is 16.2. The number of anilines is 1. The van der Waals surface area contributed by atoms with Gasteiger partial charge in [-0.15, -0.1) is 0 Å². The number of piperazine rings is 1. The number of nitrogens with one attached hydrogen (secondary N) is 2. The minimum Gasteiger partial charge on any atom is -0.354 e. The predicted molar refractivity (Wildman–Crippen MR) is 99.0 cm³/mol. The zero-order valence-electron chi connectivity index (χ0n) is 14.6. The maximum absolute atomic E-state index is 12.7. The zero-order chi connectivity index (χ0) is 18.5. The van der Waals surface area contributed by atoms with Crippen LogP contribution in [0, 0.1) is 0 Å². The van der Waals surface area contributed by atoms with Crippen molar-refractivity contribution in [1.29, 1.82) is 0 Å². The number of para-hydroxylation sites is 1. The van der Waals surface area contributed by atoms with Crippen LogP contribution in [0.15, 0.2) is 54.6 Å². The number of rotatable bonds is 5. The van der Waals surface area contributed by atoms with Gasteiger partial charge in [0.2, 0.25) is 11.8 Å². The molecule has 0 aromatic heterocycles. The highest BCUT2D eigenvalue weighted by Crippen LogP contribution is 2.20. The average molecular weight is 351 g/mol. The first-order valence-corrected chi connectivity index (χ1v) is 8.56. The van der Waals surface area contributed by atoms with Crippen LogP contribution in [0.3, 0.4) is 0 Å². The molecule has 2 aromatic rings. The minimum atomic E-state index is -0.471. The van der Waals surface area contributed by atoms with E-state index in [1.54, 1.807) is 55.5 Å². The lowest BCUT2D eigenvalue weighted by molar-refractivity contribution is -0.127. The third-order valence-electron chi connectivity index (χ3n) is 4.46. The van der Waals surface area contributed by atoms with E-state index in [1.165, 1.54) is 0 Å². The number of benzene rings is 2. The Kier molecular flexibility index (Phi) is 5.43. The molecule has 0 bridgehead atoms. The molecule has 134 valence electrons. The van der Waals surface area contributed by atoms with Gasteiger partial charge in [-0.3, -0.25) is 19.3 Å². The van der Waals surface area contributed by atoms with Crippen molar-refractivity contribution >= 4 is 23.3 Å². The highest BCUT2D eigenvalue weighted by molar-refractivity contribution is 6.14. The standard InChI is InChI=1S/C20H21N3O3/c1-14(23-12-11-21-18(24)13-23)20(26)22-17-10-6-5-9-16(17)19(25)15-7-3-2-4-8-15/h2-10,14H,11-13H2,1H3,(H,21,24)(H,22,26). The third-order valence-corrected chi connectivity index (χ3v) is 4.46. The Bertz CT molecular complexity index is 820. The number of hydrogen-bond donors (Lipinski definition) is 2. The fourth-order valence-corrected chi connectivity index (χ4v) is 2.93. The van der Waals surface area contributed by atoms with Crippen molar-refractivity contribution in [1.82, 2.24) is 10.2 Å². The number of amides is 2. The molecular weight excluding hydrogens is 330 g/mol. The predicted octanol–water partition coefficient (Wildman–Crippen LogP) is 1.68. The molecule has 1 atom stereocenters. The van der Waals surface area contributed by atoms with E-state index in [0.717, 1.165) is 0 Å². The molecule has 6 heteroatoms. The number of carbonyl (C=O) groups is 3. The lowest BCUT2D eigenvalue weighted by Crippen LogP contribution is -2.53. The van der Waals surface area contributed by atoms with Crippen molar-refractivity contribution in [2.75, 3.05) is 25.0 Å². The molecule has 3 rings (SSSR count). The molecule has 2 N–H and O–H groups in total. The van der Waals surface area contributed by atoms with E-state index in [9.17, 15) is 14.4 Å². The van der Waals surface area contributed by atoms with E-state index in [4.69, 9.17) is 0 Å². The molecule has 0 aliphatic carbocycles. The summed E-state index contributed by atoms with van der Waals surface area (Å²) in [5.41, 5.74) is 1.48. The van der Waals surface area contributed by atoms with Crippen LogP contribution in [0.1, 0.15) is 22.8 Å². The van der Waals surface area contributed by atoms with Crippen molar-refractivity contribution in [3.05, 3.63) is 65.7 Å². The largest absolute Gasteiger partial charge is 0.354 e. The Balaban J connectivity index is 1.77. The van der Waals surface area contributed by atoms with Gasteiger partial charge >= 0.3 is 0 Å². The third kappa shape index (κ3) is 3.97. The average Bonchev–Trinajstić information content (AvgIpc) is 2.68. The summed E-state index contributed by atoms with van der Waals surface area (Å²) in [6.45, 7) is 3.10. The van der Waals surface area contributed by atoms with Gasteiger partial charge in [-0.1, -0.05) is 42.5 Å².